The van der Waals surface area contributed by atoms with Crippen LogP contribution in [-0.2, 0) is 12.7 Å². The van der Waals surface area contributed by atoms with Crippen LogP contribution in [0.2, 0.25) is 0 Å². The summed E-state index contributed by atoms with van der Waals surface area (Å²) in [5.74, 6) is 0.657. The van der Waals surface area contributed by atoms with Gasteiger partial charge in [0, 0.05) is 36.2 Å². The van der Waals surface area contributed by atoms with Gasteiger partial charge in [0.05, 0.1) is 12.7 Å². The minimum atomic E-state index is -4.42. The highest BCUT2D eigenvalue weighted by Gasteiger charge is 2.34. The van der Waals surface area contributed by atoms with Gasteiger partial charge < -0.3 is 19.5 Å². The Morgan fingerprint density at radius 3 is 2.47 bits per heavy atom. The second kappa shape index (κ2) is 7.78. The van der Waals surface area contributed by atoms with Crippen molar-refractivity contribution < 1.29 is 22.7 Å². The Kier molecular flexibility index (Phi) is 5.15. The summed E-state index contributed by atoms with van der Waals surface area (Å²) in [6.45, 7) is 1.06. The van der Waals surface area contributed by atoms with Crippen molar-refractivity contribution in [1.29, 1.82) is 0 Å². The number of anilines is 1. The smallest absolute Gasteiger partial charge is 0.416 e. The van der Waals surface area contributed by atoms with Crippen LogP contribution >= 0.6 is 0 Å². The zero-order valence-electron chi connectivity index (χ0n) is 16.2. The van der Waals surface area contributed by atoms with Crippen molar-refractivity contribution in [3.63, 3.8) is 0 Å². The number of nitrogens with one attached hydrogen (secondary N) is 1. The van der Waals surface area contributed by atoms with Crippen molar-refractivity contribution >= 4 is 11.7 Å². The van der Waals surface area contributed by atoms with Crippen LogP contribution in [0.1, 0.15) is 22.9 Å². The van der Waals surface area contributed by atoms with Crippen molar-refractivity contribution in [2.45, 2.75) is 18.8 Å². The molecule has 1 atom stereocenters. The Morgan fingerprint density at radius 2 is 1.77 bits per heavy atom. The van der Waals surface area contributed by atoms with Crippen LogP contribution < -0.4 is 10.1 Å². The Morgan fingerprint density at radius 1 is 1.03 bits per heavy atom. The molecule has 0 unspecified atom stereocenters. The molecule has 5 nitrogen and oxygen atoms in total. The predicted molar refractivity (Wildman–Crippen MR) is 106 cm³/mol. The summed E-state index contributed by atoms with van der Waals surface area (Å²) < 4.78 is 45.9. The molecule has 1 N–H and O–H groups in total. The van der Waals surface area contributed by atoms with Gasteiger partial charge in [0.2, 0.25) is 0 Å². The van der Waals surface area contributed by atoms with E-state index < -0.39 is 17.8 Å². The number of rotatable bonds is 3. The number of benzene rings is 2. The second-order valence-corrected chi connectivity index (χ2v) is 6.97. The first-order valence-corrected chi connectivity index (χ1v) is 9.41. The minimum absolute atomic E-state index is 0.299. The van der Waals surface area contributed by atoms with Crippen molar-refractivity contribution in [3.8, 4) is 5.75 Å². The average Bonchev–Trinajstić information content (AvgIpc) is 3.21. The van der Waals surface area contributed by atoms with Gasteiger partial charge in [0.1, 0.15) is 11.8 Å². The average molecular weight is 415 g/mol. The molecular formula is C22H20F3N3O2. The number of ether oxygens (including phenoxy) is 1. The number of para-hydroxylation sites is 1. The van der Waals surface area contributed by atoms with E-state index in [1.807, 2.05) is 42.6 Å². The quantitative estimate of drug-likeness (QED) is 0.643. The van der Waals surface area contributed by atoms with Gasteiger partial charge in [-0.25, -0.2) is 4.79 Å². The summed E-state index contributed by atoms with van der Waals surface area (Å²) in [5, 5.41) is 2.72. The molecule has 30 heavy (non-hydrogen) atoms. The van der Waals surface area contributed by atoms with Crippen molar-refractivity contribution in [3.05, 3.63) is 83.7 Å². The fraction of sp³-hybridized carbons (Fsp3) is 0.227. The van der Waals surface area contributed by atoms with Crippen LogP contribution in [0.3, 0.4) is 0 Å². The lowest BCUT2D eigenvalue weighted by Crippen LogP contribution is -2.44. The standard InChI is InChI=1S/C22H20F3N3O2/c1-30-19-7-3-2-5-17(19)20-18-6-4-12-27(18)13-14-28(20)21(29)26-16-10-8-15(9-11-16)22(23,24)25/h2-12,20H,13-14H2,1H3,(H,26,29)/t20-/m0/s1. The summed E-state index contributed by atoms with van der Waals surface area (Å²) in [6, 6.07) is 15.0. The monoisotopic (exact) mass is 415 g/mol. The highest BCUT2D eigenvalue weighted by molar-refractivity contribution is 5.90. The van der Waals surface area contributed by atoms with E-state index in [0.717, 1.165) is 23.4 Å². The first-order valence-electron chi connectivity index (χ1n) is 9.41. The molecular weight excluding hydrogens is 395 g/mol. The molecule has 0 aliphatic carbocycles. The van der Waals surface area contributed by atoms with Crippen LogP contribution in [0.5, 0.6) is 5.75 Å². The molecule has 8 heteroatoms. The highest BCUT2D eigenvalue weighted by Crippen LogP contribution is 2.37. The fourth-order valence-corrected chi connectivity index (χ4v) is 3.76. The molecule has 0 radical (unpaired) electrons. The summed E-state index contributed by atoms with van der Waals surface area (Å²) in [7, 11) is 1.58. The number of carbonyl (C=O) groups is 1. The highest BCUT2D eigenvalue weighted by atomic mass is 19.4. The molecule has 1 aliphatic heterocycles. The van der Waals surface area contributed by atoms with Gasteiger partial charge in [-0.3, -0.25) is 0 Å². The zero-order chi connectivity index (χ0) is 21.3. The number of alkyl halides is 3. The molecule has 0 bridgehead atoms. The number of amides is 2. The number of hydrogen-bond acceptors (Lipinski definition) is 2. The third-order valence-electron chi connectivity index (χ3n) is 5.20. The van der Waals surface area contributed by atoms with Crippen molar-refractivity contribution in [2.75, 3.05) is 19.0 Å². The SMILES string of the molecule is COc1ccccc1[C@H]1c2cccn2CCN1C(=O)Nc1ccc(C(F)(F)F)cc1. The number of nitrogens with zero attached hydrogens (tertiary/aromatic N) is 2. The molecule has 4 rings (SSSR count). The van der Waals surface area contributed by atoms with E-state index in [4.69, 9.17) is 4.74 Å². The molecule has 0 spiro atoms. The molecule has 2 aromatic carbocycles. The van der Waals surface area contributed by atoms with Gasteiger partial charge >= 0.3 is 12.2 Å². The largest absolute Gasteiger partial charge is 0.496 e. The Balaban J connectivity index is 1.64. The van der Waals surface area contributed by atoms with Gasteiger partial charge in [-0.15, -0.1) is 0 Å². The first-order chi connectivity index (χ1) is 14.4. The van der Waals surface area contributed by atoms with Gasteiger partial charge in [-0.1, -0.05) is 18.2 Å². The Labute approximate surface area is 171 Å². The first kappa shape index (κ1) is 19.9. The summed E-state index contributed by atoms with van der Waals surface area (Å²) in [6.07, 6.45) is -2.46. The summed E-state index contributed by atoms with van der Waals surface area (Å²) in [4.78, 5) is 14.8. The number of urea groups is 1. The van der Waals surface area contributed by atoms with Gasteiger partial charge in [0.15, 0.2) is 0 Å². The Bertz CT molecular complexity index is 1040. The molecule has 2 amide bonds. The lowest BCUT2D eigenvalue weighted by atomic mass is 9.99. The third kappa shape index (κ3) is 3.72. The minimum Gasteiger partial charge on any atom is -0.496 e. The molecule has 3 aromatic rings. The van der Waals surface area contributed by atoms with Gasteiger partial charge in [-0.2, -0.15) is 13.2 Å². The molecule has 0 fully saturated rings. The summed E-state index contributed by atoms with van der Waals surface area (Å²) >= 11 is 0. The van der Waals surface area contributed by atoms with Crippen molar-refractivity contribution in [2.24, 2.45) is 0 Å². The molecule has 0 saturated carbocycles. The van der Waals surface area contributed by atoms with Crippen LogP contribution in [0.4, 0.5) is 23.7 Å². The number of carbonyl (C=O) groups excluding carboxylic acids is 1. The normalized spacial score (nSPS) is 16.1. The zero-order valence-corrected chi connectivity index (χ0v) is 16.2. The van der Waals surface area contributed by atoms with E-state index >= 15 is 0 Å². The van der Waals surface area contributed by atoms with Crippen LogP contribution in [0.15, 0.2) is 66.9 Å². The third-order valence-corrected chi connectivity index (χ3v) is 5.20. The number of fused-ring (bicyclic) bond motifs is 1. The van der Waals surface area contributed by atoms with Crippen LogP contribution in [-0.4, -0.2) is 29.2 Å². The number of methoxy groups -OCH3 is 1. The van der Waals surface area contributed by atoms with Gasteiger partial charge in [0.25, 0.3) is 0 Å². The maximum absolute atomic E-state index is 13.1. The van der Waals surface area contributed by atoms with E-state index in [2.05, 4.69) is 9.88 Å². The van der Waals surface area contributed by atoms with E-state index in [0.29, 0.717) is 24.5 Å². The molecule has 1 aliphatic rings. The van der Waals surface area contributed by atoms with E-state index in [1.165, 1.54) is 12.1 Å². The molecule has 1 aromatic heterocycles. The number of halogens is 3. The lowest BCUT2D eigenvalue weighted by molar-refractivity contribution is -0.137. The maximum atomic E-state index is 13.1. The maximum Gasteiger partial charge on any atom is 0.416 e. The van der Waals surface area contributed by atoms with Gasteiger partial charge in [-0.05, 0) is 42.5 Å². The van der Waals surface area contributed by atoms with Crippen LogP contribution in [0.25, 0.3) is 0 Å². The molecule has 2 heterocycles. The molecule has 156 valence electrons. The lowest BCUT2D eigenvalue weighted by Gasteiger charge is -2.37. The predicted octanol–water partition coefficient (Wildman–Crippen LogP) is 5.15. The number of aromatic nitrogens is 1. The molecule has 0 saturated heterocycles. The van der Waals surface area contributed by atoms with Crippen LogP contribution in [0, 0.1) is 0 Å². The van der Waals surface area contributed by atoms with E-state index in [-0.39, 0.29) is 6.04 Å². The number of hydrogen-bond donors (Lipinski definition) is 1. The topological polar surface area (TPSA) is 46.5 Å². The second-order valence-electron chi connectivity index (χ2n) is 6.97. The fourth-order valence-electron chi connectivity index (χ4n) is 3.76. The van der Waals surface area contributed by atoms with E-state index in [1.54, 1.807) is 12.0 Å². The van der Waals surface area contributed by atoms with E-state index in [9.17, 15) is 18.0 Å². The van der Waals surface area contributed by atoms with Crippen molar-refractivity contribution in [1.82, 2.24) is 9.47 Å². The summed E-state index contributed by atoms with van der Waals surface area (Å²) in [5.41, 5.74) is 1.31. The Hall–Kier alpha value is -3.42.